The van der Waals surface area contributed by atoms with Gasteiger partial charge < -0.3 is 24.1 Å². The van der Waals surface area contributed by atoms with E-state index in [2.05, 4.69) is 20.1 Å². The minimum atomic E-state index is -1.00. The summed E-state index contributed by atoms with van der Waals surface area (Å²) in [6.07, 6.45) is 3.05. The number of aromatic nitrogens is 5. The smallest absolute Gasteiger partial charge is 0.425 e. The molecule has 40 heavy (non-hydrogen) atoms. The summed E-state index contributed by atoms with van der Waals surface area (Å²) in [5.41, 5.74) is -1.60. The van der Waals surface area contributed by atoms with Gasteiger partial charge in [0.05, 0.1) is 19.3 Å². The number of amides is 2. The van der Waals surface area contributed by atoms with Crippen molar-refractivity contribution in [3.63, 3.8) is 0 Å². The number of hydrogen-bond donors (Lipinski definition) is 1. The number of carbonyl (C=O) groups is 2. The van der Waals surface area contributed by atoms with Crippen LogP contribution in [0.15, 0.2) is 24.7 Å². The molecule has 1 aliphatic rings. The predicted octanol–water partition coefficient (Wildman–Crippen LogP) is 5.17. The normalized spacial score (nSPS) is 17.8. The van der Waals surface area contributed by atoms with Gasteiger partial charge in [-0.15, -0.1) is 5.10 Å². The van der Waals surface area contributed by atoms with Crippen LogP contribution in [0.2, 0.25) is 0 Å². The highest BCUT2D eigenvalue weighted by Crippen LogP contribution is 2.39. The molecule has 0 unspecified atom stereocenters. The third-order valence-corrected chi connectivity index (χ3v) is 5.95. The number of pyridine rings is 1. The highest BCUT2D eigenvalue weighted by Gasteiger charge is 2.38. The average molecular weight is 557 g/mol. The maximum atomic E-state index is 13.4. The zero-order valence-electron chi connectivity index (χ0n) is 23.9. The summed E-state index contributed by atoms with van der Waals surface area (Å²) in [5.74, 6) is 0.465. The minimum absolute atomic E-state index is 0.0266. The monoisotopic (exact) mass is 556 g/mol. The number of carbonyl (C=O) groups excluding carboxylic acids is 2. The Kier molecular flexibility index (Phi) is 8.15. The van der Waals surface area contributed by atoms with E-state index in [-0.39, 0.29) is 28.6 Å². The van der Waals surface area contributed by atoms with Gasteiger partial charge in [0, 0.05) is 12.3 Å². The lowest BCUT2D eigenvalue weighted by molar-refractivity contribution is 0.0429. The largest absolute Gasteiger partial charge is 0.497 e. The van der Waals surface area contributed by atoms with E-state index < -0.39 is 35.5 Å². The zero-order chi connectivity index (χ0) is 29.2. The fourth-order valence-corrected chi connectivity index (χ4v) is 4.31. The van der Waals surface area contributed by atoms with E-state index in [0.29, 0.717) is 23.5 Å². The molecule has 13 nitrogen and oxygen atoms in total. The molecular formula is C27H36N6O7. The number of ether oxygens (including phenoxy) is 4. The van der Waals surface area contributed by atoms with Crippen molar-refractivity contribution in [2.75, 3.05) is 12.0 Å². The van der Waals surface area contributed by atoms with E-state index in [1.54, 1.807) is 58.4 Å². The van der Waals surface area contributed by atoms with Crippen LogP contribution in [0, 0.1) is 0 Å². The molecule has 1 aliphatic carbocycles. The fourth-order valence-electron chi connectivity index (χ4n) is 4.31. The molecule has 2 amide bonds. The summed E-state index contributed by atoms with van der Waals surface area (Å²) >= 11 is 0. The van der Waals surface area contributed by atoms with E-state index >= 15 is 0 Å². The standard InChI is InChI=1S/C27H36N6O7/c1-26(2,3)39-24(35)32(25(36)40-27(4,5)6)21-20-22(30-15-29-21)33(17-10-8-9-11-18(17)34)31-23(20)38-19-14-16(37-7)12-13-28-19/h12-15,17-18,34H,8-11H2,1-7H3/t17-,18-/m0/s1. The summed E-state index contributed by atoms with van der Waals surface area (Å²) in [5, 5.41) is 15.6. The zero-order valence-corrected chi connectivity index (χ0v) is 23.9. The summed E-state index contributed by atoms with van der Waals surface area (Å²) in [6.45, 7) is 10.1. The van der Waals surface area contributed by atoms with Crippen molar-refractivity contribution in [1.29, 1.82) is 0 Å². The van der Waals surface area contributed by atoms with Gasteiger partial charge in [0.1, 0.15) is 28.7 Å². The molecule has 2 atom stereocenters. The highest BCUT2D eigenvalue weighted by molar-refractivity contribution is 6.14. The highest BCUT2D eigenvalue weighted by atomic mass is 16.6. The Hall–Kier alpha value is -4.00. The van der Waals surface area contributed by atoms with Gasteiger partial charge in [-0.25, -0.2) is 29.2 Å². The molecule has 0 bridgehead atoms. The SMILES string of the molecule is COc1ccnc(Oc2nn([C@H]3CCCC[C@@H]3O)c3ncnc(N(C(=O)OC(C)(C)C)C(=O)OC(C)(C)C)c23)c1. The third kappa shape index (κ3) is 6.58. The van der Waals surface area contributed by atoms with Gasteiger partial charge in [-0.2, -0.15) is 4.90 Å². The molecular weight excluding hydrogens is 520 g/mol. The van der Waals surface area contributed by atoms with Crippen LogP contribution in [-0.4, -0.2) is 66.4 Å². The number of hydrogen-bond acceptors (Lipinski definition) is 11. The van der Waals surface area contributed by atoms with Gasteiger partial charge in [0.25, 0.3) is 5.88 Å². The number of imide groups is 1. The van der Waals surface area contributed by atoms with Gasteiger partial charge in [0.2, 0.25) is 5.88 Å². The summed E-state index contributed by atoms with van der Waals surface area (Å²) in [6, 6.07) is 2.80. The molecule has 0 aliphatic heterocycles. The second-order valence-electron chi connectivity index (χ2n) is 11.5. The number of nitrogens with zero attached hydrogens (tertiary/aromatic N) is 6. The number of aliphatic hydroxyl groups is 1. The molecule has 1 saturated carbocycles. The van der Waals surface area contributed by atoms with Crippen molar-refractivity contribution in [3.05, 3.63) is 24.7 Å². The quantitative estimate of drug-likeness (QED) is 0.443. The van der Waals surface area contributed by atoms with Crippen molar-refractivity contribution in [1.82, 2.24) is 24.7 Å². The molecule has 13 heteroatoms. The molecule has 3 heterocycles. The Morgan fingerprint density at radius 2 is 1.65 bits per heavy atom. The number of methoxy groups -OCH3 is 1. The lowest BCUT2D eigenvalue weighted by Crippen LogP contribution is -2.44. The molecule has 4 rings (SSSR count). The Balaban J connectivity index is 1.93. The molecule has 0 saturated heterocycles. The van der Waals surface area contributed by atoms with Crippen molar-refractivity contribution >= 4 is 29.0 Å². The third-order valence-electron chi connectivity index (χ3n) is 5.95. The van der Waals surface area contributed by atoms with Gasteiger partial charge >= 0.3 is 12.2 Å². The Morgan fingerprint density at radius 3 is 2.25 bits per heavy atom. The van der Waals surface area contributed by atoms with E-state index in [0.717, 1.165) is 12.8 Å². The lowest BCUT2D eigenvalue weighted by Gasteiger charge is -2.28. The Labute approximate surface area is 232 Å². The first-order valence-corrected chi connectivity index (χ1v) is 13.1. The Morgan fingerprint density at radius 1 is 1.00 bits per heavy atom. The van der Waals surface area contributed by atoms with E-state index in [9.17, 15) is 14.7 Å². The molecule has 0 spiro atoms. The second kappa shape index (κ2) is 11.2. The molecule has 0 radical (unpaired) electrons. The van der Waals surface area contributed by atoms with Crippen molar-refractivity contribution < 1.29 is 33.6 Å². The van der Waals surface area contributed by atoms with Gasteiger partial charge in [-0.05, 0) is 60.5 Å². The molecule has 3 aromatic heterocycles. The summed E-state index contributed by atoms with van der Waals surface area (Å²) in [7, 11) is 1.51. The van der Waals surface area contributed by atoms with E-state index in [1.807, 2.05) is 0 Å². The van der Waals surface area contributed by atoms with Gasteiger partial charge in [-0.1, -0.05) is 12.8 Å². The first-order valence-electron chi connectivity index (χ1n) is 13.1. The van der Waals surface area contributed by atoms with Gasteiger partial charge in [-0.3, -0.25) is 0 Å². The van der Waals surface area contributed by atoms with E-state index in [4.69, 9.17) is 18.9 Å². The fraction of sp³-hybridized carbons (Fsp3) is 0.556. The van der Waals surface area contributed by atoms with Crippen molar-refractivity contribution in [2.45, 2.75) is 90.6 Å². The van der Waals surface area contributed by atoms with Crippen LogP contribution >= 0.6 is 0 Å². The maximum absolute atomic E-state index is 13.4. The minimum Gasteiger partial charge on any atom is -0.497 e. The van der Waals surface area contributed by atoms with Crippen LogP contribution < -0.4 is 14.4 Å². The topological polar surface area (TPSA) is 151 Å². The first kappa shape index (κ1) is 29.0. The molecule has 1 N–H and O–H groups in total. The number of rotatable bonds is 5. The maximum Gasteiger partial charge on any atom is 0.425 e. The second-order valence-corrected chi connectivity index (χ2v) is 11.5. The lowest BCUT2D eigenvalue weighted by atomic mass is 9.93. The van der Waals surface area contributed by atoms with E-state index in [1.165, 1.54) is 19.6 Å². The van der Waals surface area contributed by atoms with Crippen LogP contribution in [0.5, 0.6) is 17.5 Å². The summed E-state index contributed by atoms with van der Waals surface area (Å²) in [4.78, 5) is 40.5. The number of fused-ring (bicyclic) bond motifs is 1. The predicted molar refractivity (Wildman–Crippen MR) is 145 cm³/mol. The van der Waals surface area contributed by atoms with Crippen LogP contribution in [0.25, 0.3) is 11.0 Å². The number of aliphatic hydroxyl groups excluding tert-OH is 1. The van der Waals surface area contributed by atoms with Crippen molar-refractivity contribution in [3.8, 4) is 17.5 Å². The summed E-state index contributed by atoms with van der Waals surface area (Å²) < 4.78 is 24.0. The van der Waals surface area contributed by atoms with Crippen molar-refractivity contribution in [2.24, 2.45) is 0 Å². The van der Waals surface area contributed by atoms with Gasteiger partial charge in [0.15, 0.2) is 11.5 Å². The first-order chi connectivity index (χ1) is 18.8. The van der Waals surface area contributed by atoms with Crippen LogP contribution in [0.1, 0.15) is 73.3 Å². The van der Waals surface area contributed by atoms with Crippen LogP contribution in [-0.2, 0) is 9.47 Å². The Bertz CT molecular complexity index is 1350. The molecule has 0 aromatic carbocycles. The number of anilines is 1. The van der Waals surface area contributed by atoms with Crippen LogP contribution in [0.4, 0.5) is 15.4 Å². The molecule has 216 valence electrons. The molecule has 1 fully saturated rings. The average Bonchev–Trinajstić information content (AvgIpc) is 3.21. The molecule has 3 aromatic rings. The van der Waals surface area contributed by atoms with Crippen LogP contribution in [0.3, 0.4) is 0 Å².